The van der Waals surface area contributed by atoms with Crippen LogP contribution in [-0.4, -0.2) is 35.9 Å². The minimum absolute atomic E-state index is 0.0894. The molecular formula is C16H19ClN4O2S. The number of aromatic nitrogens is 2. The van der Waals surface area contributed by atoms with Crippen molar-refractivity contribution in [3.63, 3.8) is 0 Å². The summed E-state index contributed by atoms with van der Waals surface area (Å²) >= 11 is 5.88. The third kappa shape index (κ3) is 4.58. The fourth-order valence-electron chi connectivity index (χ4n) is 2.62. The van der Waals surface area contributed by atoms with E-state index in [2.05, 4.69) is 20.6 Å². The van der Waals surface area contributed by atoms with E-state index in [1.807, 2.05) is 37.3 Å². The molecule has 3 rings (SSSR count). The van der Waals surface area contributed by atoms with Crippen LogP contribution >= 0.6 is 11.6 Å². The quantitative estimate of drug-likeness (QED) is 0.846. The van der Waals surface area contributed by atoms with Gasteiger partial charge in [-0.1, -0.05) is 23.7 Å². The number of sulfone groups is 1. The topological polar surface area (TPSA) is 84.0 Å². The highest BCUT2D eigenvalue weighted by molar-refractivity contribution is 7.91. The number of anilines is 2. The van der Waals surface area contributed by atoms with E-state index >= 15 is 0 Å². The first-order valence-corrected chi connectivity index (χ1v) is 9.90. The number of aryl methyl sites for hydroxylation is 1. The summed E-state index contributed by atoms with van der Waals surface area (Å²) in [4.78, 5) is 8.79. The van der Waals surface area contributed by atoms with Crippen LogP contribution in [0.15, 0.2) is 30.3 Å². The summed E-state index contributed by atoms with van der Waals surface area (Å²) < 4.78 is 23.1. The predicted octanol–water partition coefficient (Wildman–Crippen LogP) is 2.65. The maximum Gasteiger partial charge on any atom is 0.225 e. The van der Waals surface area contributed by atoms with Crippen LogP contribution in [-0.2, 0) is 16.4 Å². The second-order valence-electron chi connectivity index (χ2n) is 5.94. The first-order valence-electron chi connectivity index (χ1n) is 7.71. The molecule has 2 aromatic rings. The Kier molecular flexibility index (Phi) is 4.91. The summed E-state index contributed by atoms with van der Waals surface area (Å²) in [7, 11) is -2.92. The fraction of sp³-hybridized carbons (Fsp3) is 0.375. The Morgan fingerprint density at radius 1 is 1.25 bits per heavy atom. The third-order valence-corrected chi connectivity index (χ3v) is 5.82. The summed E-state index contributed by atoms with van der Waals surface area (Å²) in [5.41, 5.74) is 1.88. The average Bonchev–Trinajstić information content (AvgIpc) is 2.85. The molecule has 6 nitrogen and oxygen atoms in total. The van der Waals surface area contributed by atoms with E-state index in [9.17, 15) is 8.42 Å². The van der Waals surface area contributed by atoms with Crippen molar-refractivity contribution in [1.82, 2.24) is 9.97 Å². The van der Waals surface area contributed by atoms with Crippen molar-refractivity contribution in [3.05, 3.63) is 46.6 Å². The van der Waals surface area contributed by atoms with Crippen LogP contribution in [0, 0.1) is 6.92 Å². The van der Waals surface area contributed by atoms with Crippen LogP contribution < -0.4 is 10.6 Å². The van der Waals surface area contributed by atoms with E-state index in [0.29, 0.717) is 29.8 Å². The molecule has 1 saturated heterocycles. The maximum absolute atomic E-state index is 11.6. The minimum Gasteiger partial charge on any atom is -0.366 e. The summed E-state index contributed by atoms with van der Waals surface area (Å²) in [5, 5.41) is 7.07. The molecule has 0 radical (unpaired) electrons. The number of hydrogen-bond acceptors (Lipinski definition) is 6. The lowest BCUT2D eigenvalue weighted by Crippen LogP contribution is -2.21. The van der Waals surface area contributed by atoms with Crippen LogP contribution in [0.25, 0.3) is 0 Å². The third-order valence-electron chi connectivity index (χ3n) is 3.80. The highest BCUT2D eigenvalue weighted by Crippen LogP contribution is 2.18. The smallest absolute Gasteiger partial charge is 0.225 e. The number of nitrogens with one attached hydrogen (secondary N) is 2. The molecule has 1 fully saturated rings. The normalized spacial score (nSPS) is 19.2. The molecule has 1 aromatic heterocycles. The zero-order chi connectivity index (χ0) is 17.2. The largest absolute Gasteiger partial charge is 0.366 e. The van der Waals surface area contributed by atoms with Crippen molar-refractivity contribution >= 4 is 33.2 Å². The Hall–Kier alpha value is -1.86. The van der Waals surface area contributed by atoms with E-state index in [0.717, 1.165) is 11.3 Å². The van der Waals surface area contributed by atoms with Gasteiger partial charge < -0.3 is 10.6 Å². The van der Waals surface area contributed by atoms with E-state index in [-0.39, 0.29) is 17.5 Å². The summed E-state index contributed by atoms with van der Waals surface area (Å²) in [6.45, 7) is 2.46. The molecule has 0 amide bonds. The standard InChI is InChI=1S/C16H19ClN4O2S/c1-11-8-15(20-14-6-7-24(22,23)10-14)21-16(19-11)18-9-12-2-4-13(17)5-3-12/h2-5,8,14H,6-7,9-10H2,1H3,(H2,18,19,20,21). The Morgan fingerprint density at radius 3 is 2.67 bits per heavy atom. The lowest BCUT2D eigenvalue weighted by atomic mass is 10.2. The van der Waals surface area contributed by atoms with Gasteiger partial charge in [-0.3, -0.25) is 0 Å². The monoisotopic (exact) mass is 366 g/mol. The Morgan fingerprint density at radius 2 is 2.00 bits per heavy atom. The Balaban J connectivity index is 1.66. The fourth-order valence-corrected chi connectivity index (χ4v) is 4.42. The van der Waals surface area contributed by atoms with Gasteiger partial charge in [-0.2, -0.15) is 4.98 Å². The lowest BCUT2D eigenvalue weighted by molar-refractivity contribution is 0.602. The van der Waals surface area contributed by atoms with Gasteiger partial charge >= 0.3 is 0 Å². The molecule has 1 aromatic carbocycles. The number of benzene rings is 1. The van der Waals surface area contributed by atoms with Gasteiger partial charge in [0, 0.05) is 29.4 Å². The molecule has 2 N–H and O–H groups in total. The van der Waals surface area contributed by atoms with Gasteiger partial charge in [0.05, 0.1) is 11.5 Å². The molecule has 2 heterocycles. The van der Waals surface area contributed by atoms with Crippen molar-refractivity contribution in [3.8, 4) is 0 Å². The number of rotatable bonds is 5. The Labute approximate surface area is 146 Å². The molecule has 1 atom stereocenters. The van der Waals surface area contributed by atoms with Crippen LogP contribution in [0.1, 0.15) is 17.7 Å². The number of hydrogen-bond donors (Lipinski definition) is 2. The van der Waals surface area contributed by atoms with Gasteiger partial charge in [-0.05, 0) is 31.0 Å². The zero-order valence-electron chi connectivity index (χ0n) is 13.3. The average molecular weight is 367 g/mol. The van der Waals surface area contributed by atoms with Crippen molar-refractivity contribution in [2.24, 2.45) is 0 Å². The van der Waals surface area contributed by atoms with Gasteiger partial charge in [0.15, 0.2) is 9.84 Å². The number of halogens is 1. The second-order valence-corrected chi connectivity index (χ2v) is 8.61. The van der Waals surface area contributed by atoms with E-state index in [1.54, 1.807) is 0 Å². The first kappa shape index (κ1) is 17.0. The van der Waals surface area contributed by atoms with Crippen LogP contribution in [0.4, 0.5) is 11.8 Å². The summed E-state index contributed by atoms with van der Waals surface area (Å²) in [6.07, 6.45) is 0.610. The Bertz CT molecular complexity index is 824. The molecule has 1 aliphatic heterocycles. The second kappa shape index (κ2) is 6.94. The highest BCUT2D eigenvalue weighted by atomic mass is 35.5. The molecular weight excluding hydrogens is 348 g/mol. The molecule has 1 unspecified atom stereocenters. The maximum atomic E-state index is 11.6. The molecule has 8 heteroatoms. The molecule has 0 aliphatic carbocycles. The molecule has 0 saturated carbocycles. The summed E-state index contributed by atoms with van der Waals surface area (Å²) in [6, 6.07) is 9.28. The van der Waals surface area contributed by atoms with Gasteiger partial charge in [-0.15, -0.1) is 0 Å². The molecule has 24 heavy (non-hydrogen) atoms. The van der Waals surface area contributed by atoms with E-state index < -0.39 is 9.84 Å². The predicted molar refractivity (Wildman–Crippen MR) is 96.2 cm³/mol. The van der Waals surface area contributed by atoms with Gasteiger partial charge in [0.25, 0.3) is 0 Å². The lowest BCUT2D eigenvalue weighted by Gasteiger charge is -2.13. The van der Waals surface area contributed by atoms with Gasteiger partial charge in [0.1, 0.15) is 5.82 Å². The highest BCUT2D eigenvalue weighted by Gasteiger charge is 2.28. The van der Waals surface area contributed by atoms with Crippen molar-refractivity contribution in [2.75, 3.05) is 22.1 Å². The van der Waals surface area contributed by atoms with Crippen LogP contribution in [0.2, 0.25) is 5.02 Å². The molecule has 0 bridgehead atoms. The molecule has 1 aliphatic rings. The van der Waals surface area contributed by atoms with Gasteiger partial charge in [-0.25, -0.2) is 13.4 Å². The molecule has 0 spiro atoms. The van der Waals surface area contributed by atoms with E-state index in [4.69, 9.17) is 11.6 Å². The first-order chi connectivity index (χ1) is 11.4. The van der Waals surface area contributed by atoms with Crippen molar-refractivity contribution < 1.29 is 8.42 Å². The summed E-state index contributed by atoms with van der Waals surface area (Å²) in [5.74, 6) is 1.54. The van der Waals surface area contributed by atoms with Crippen molar-refractivity contribution in [1.29, 1.82) is 0 Å². The SMILES string of the molecule is Cc1cc(NC2CCS(=O)(=O)C2)nc(NCc2ccc(Cl)cc2)n1. The molecule has 128 valence electrons. The van der Waals surface area contributed by atoms with E-state index in [1.165, 1.54) is 0 Å². The minimum atomic E-state index is -2.92. The van der Waals surface area contributed by atoms with Crippen LogP contribution in [0.5, 0.6) is 0 Å². The van der Waals surface area contributed by atoms with Crippen LogP contribution in [0.3, 0.4) is 0 Å². The zero-order valence-corrected chi connectivity index (χ0v) is 14.9. The number of nitrogens with zero attached hydrogens (tertiary/aromatic N) is 2. The van der Waals surface area contributed by atoms with Crippen molar-refractivity contribution in [2.45, 2.75) is 25.9 Å². The van der Waals surface area contributed by atoms with Gasteiger partial charge in [0.2, 0.25) is 5.95 Å².